The number of hydrogen-bond donors (Lipinski definition) is 2. The largest absolute Gasteiger partial charge is 0.508 e. The Bertz CT molecular complexity index is 786. The van der Waals surface area contributed by atoms with Gasteiger partial charge in [0.2, 0.25) is 5.91 Å². The number of thiophene rings is 1. The quantitative estimate of drug-likeness (QED) is 0.872. The highest BCUT2D eigenvalue weighted by molar-refractivity contribution is 7.12. The molecule has 124 valence electrons. The Morgan fingerprint density at radius 2 is 2.00 bits per heavy atom. The molecular weight excluding hydrogens is 328 g/mol. The first kappa shape index (κ1) is 16.2. The number of hydrazone groups is 1. The van der Waals surface area contributed by atoms with E-state index in [4.69, 9.17) is 5.11 Å². The van der Waals surface area contributed by atoms with Crippen molar-refractivity contribution in [3.05, 3.63) is 52.2 Å². The summed E-state index contributed by atoms with van der Waals surface area (Å²) in [6, 6.07) is 10.2. The Balaban J connectivity index is 1.91. The lowest BCUT2D eigenvalue weighted by molar-refractivity contribution is -0.141. The number of carboxylic acids is 1. The molecule has 3 rings (SSSR count). The third-order valence-electron chi connectivity index (χ3n) is 3.82. The van der Waals surface area contributed by atoms with Crippen LogP contribution in [0, 0.1) is 0 Å². The Morgan fingerprint density at radius 1 is 1.21 bits per heavy atom. The van der Waals surface area contributed by atoms with Crippen molar-refractivity contribution < 1.29 is 19.8 Å². The van der Waals surface area contributed by atoms with Gasteiger partial charge in [0.1, 0.15) is 5.75 Å². The second-order valence-corrected chi connectivity index (χ2v) is 6.38. The Morgan fingerprint density at radius 3 is 2.67 bits per heavy atom. The predicted octanol–water partition coefficient (Wildman–Crippen LogP) is 3.00. The summed E-state index contributed by atoms with van der Waals surface area (Å²) in [6.45, 7) is 0. The van der Waals surface area contributed by atoms with Crippen LogP contribution in [-0.2, 0) is 9.59 Å². The van der Waals surface area contributed by atoms with Crippen LogP contribution in [0.25, 0.3) is 0 Å². The Hall–Kier alpha value is -2.67. The summed E-state index contributed by atoms with van der Waals surface area (Å²) in [6.07, 6.45) is 0.115. The summed E-state index contributed by atoms with van der Waals surface area (Å²) in [7, 11) is 0. The van der Waals surface area contributed by atoms with Crippen molar-refractivity contribution >= 4 is 28.9 Å². The average Bonchev–Trinajstić information content (AvgIpc) is 3.22. The molecule has 2 heterocycles. The number of carboxylic acid groups (broad SMARTS) is 1. The fourth-order valence-corrected chi connectivity index (χ4v) is 3.39. The van der Waals surface area contributed by atoms with Crippen LogP contribution in [0.5, 0.6) is 5.75 Å². The van der Waals surface area contributed by atoms with Crippen molar-refractivity contribution in [3.8, 4) is 5.75 Å². The van der Waals surface area contributed by atoms with Gasteiger partial charge in [-0.3, -0.25) is 9.59 Å². The van der Waals surface area contributed by atoms with E-state index in [1.807, 2.05) is 17.5 Å². The van der Waals surface area contributed by atoms with E-state index in [9.17, 15) is 14.7 Å². The predicted molar refractivity (Wildman–Crippen MR) is 90.0 cm³/mol. The van der Waals surface area contributed by atoms with Crippen LogP contribution in [0.2, 0.25) is 0 Å². The number of hydrogen-bond acceptors (Lipinski definition) is 5. The zero-order valence-corrected chi connectivity index (χ0v) is 13.6. The van der Waals surface area contributed by atoms with E-state index in [1.54, 1.807) is 24.3 Å². The van der Waals surface area contributed by atoms with Crippen LogP contribution < -0.4 is 0 Å². The number of rotatable bonds is 5. The van der Waals surface area contributed by atoms with Crippen LogP contribution in [0.4, 0.5) is 0 Å². The van der Waals surface area contributed by atoms with Crippen molar-refractivity contribution in [2.24, 2.45) is 5.10 Å². The number of benzene rings is 1. The van der Waals surface area contributed by atoms with Gasteiger partial charge < -0.3 is 10.2 Å². The van der Waals surface area contributed by atoms with Crippen LogP contribution >= 0.6 is 11.3 Å². The molecule has 1 amide bonds. The molecule has 0 spiro atoms. The normalized spacial score (nSPS) is 16.9. The molecule has 0 fully saturated rings. The Labute approximate surface area is 142 Å². The Kier molecular flexibility index (Phi) is 4.61. The number of aromatic hydroxyl groups is 1. The van der Waals surface area contributed by atoms with Crippen molar-refractivity contribution in [1.29, 1.82) is 0 Å². The second kappa shape index (κ2) is 6.84. The molecule has 24 heavy (non-hydrogen) atoms. The molecule has 6 nitrogen and oxygen atoms in total. The molecule has 2 N–H and O–H groups in total. The minimum atomic E-state index is -1.02. The van der Waals surface area contributed by atoms with Crippen molar-refractivity contribution in [2.45, 2.75) is 25.3 Å². The van der Waals surface area contributed by atoms with Crippen LogP contribution in [-0.4, -0.2) is 32.8 Å². The van der Waals surface area contributed by atoms with Gasteiger partial charge in [0.25, 0.3) is 0 Å². The van der Waals surface area contributed by atoms with Crippen LogP contribution in [0.3, 0.4) is 0 Å². The summed E-state index contributed by atoms with van der Waals surface area (Å²) in [4.78, 5) is 24.1. The van der Waals surface area contributed by atoms with Gasteiger partial charge in [-0.1, -0.05) is 24.3 Å². The van der Waals surface area contributed by atoms with Gasteiger partial charge in [0, 0.05) is 18.4 Å². The van der Waals surface area contributed by atoms with E-state index in [-0.39, 0.29) is 24.5 Å². The van der Waals surface area contributed by atoms with Crippen molar-refractivity contribution in [1.82, 2.24) is 5.01 Å². The maximum atomic E-state index is 12.4. The molecule has 0 saturated heterocycles. The zero-order chi connectivity index (χ0) is 17.1. The first-order valence-corrected chi connectivity index (χ1v) is 8.37. The number of aliphatic carboxylic acids is 1. The van der Waals surface area contributed by atoms with Gasteiger partial charge in [-0.25, -0.2) is 5.01 Å². The van der Waals surface area contributed by atoms with E-state index in [1.165, 1.54) is 16.3 Å². The molecule has 0 radical (unpaired) electrons. The lowest BCUT2D eigenvalue weighted by Crippen LogP contribution is -2.27. The van der Waals surface area contributed by atoms with Crippen molar-refractivity contribution in [2.75, 3.05) is 0 Å². The molecule has 7 heteroatoms. The topological polar surface area (TPSA) is 90.2 Å². The zero-order valence-electron chi connectivity index (χ0n) is 12.8. The minimum absolute atomic E-state index is 0.0983. The molecule has 1 unspecified atom stereocenters. The third-order valence-corrected chi connectivity index (χ3v) is 4.74. The molecule has 0 bridgehead atoms. The molecule has 1 atom stereocenters. The maximum absolute atomic E-state index is 12.4. The highest BCUT2D eigenvalue weighted by atomic mass is 32.1. The lowest BCUT2D eigenvalue weighted by Gasteiger charge is -2.22. The van der Waals surface area contributed by atoms with E-state index in [0.29, 0.717) is 12.0 Å². The van der Waals surface area contributed by atoms with Gasteiger partial charge in [-0.15, -0.1) is 11.3 Å². The number of carbonyl (C=O) groups excluding carboxylic acids is 1. The molecule has 1 aromatic heterocycles. The monoisotopic (exact) mass is 344 g/mol. The van der Waals surface area contributed by atoms with Gasteiger partial charge in [-0.2, -0.15) is 5.10 Å². The summed E-state index contributed by atoms with van der Waals surface area (Å²) in [5.74, 6) is -1.29. The van der Waals surface area contributed by atoms with Crippen molar-refractivity contribution in [3.63, 3.8) is 0 Å². The second-order valence-electron chi connectivity index (χ2n) is 5.43. The molecule has 0 aliphatic carbocycles. The van der Waals surface area contributed by atoms with Crippen LogP contribution in [0.1, 0.15) is 35.7 Å². The average molecular weight is 344 g/mol. The van der Waals surface area contributed by atoms with Gasteiger partial charge in [0.05, 0.1) is 23.1 Å². The number of amides is 1. The van der Waals surface area contributed by atoms with Gasteiger partial charge in [-0.05, 0) is 17.5 Å². The molecule has 1 aromatic carbocycles. The SMILES string of the molecule is O=C(O)CCC(=O)N1N=C(c2cccs2)CC1c1ccccc1O. The summed E-state index contributed by atoms with van der Waals surface area (Å²) in [5, 5.41) is 26.6. The summed E-state index contributed by atoms with van der Waals surface area (Å²) in [5.41, 5.74) is 1.37. The summed E-state index contributed by atoms with van der Waals surface area (Å²) < 4.78 is 0. The highest BCUT2D eigenvalue weighted by Gasteiger charge is 2.34. The molecular formula is C17H16N2O4S. The van der Waals surface area contributed by atoms with E-state index in [2.05, 4.69) is 5.10 Å². The minimum Gasteiger partial charge on any atom is -0.508 e. The third kappa shape index (κ3) is 3.30. The van der Waals surface area contributed by atoms with E-state index < -0.39 is 12.0 Å². The number of carbonyl (C=O) groups is 2. The number of phenolic OH excluding ortho intramolecular Hbond substituents is 1. The fraction of sp³-hybridized carbons (Fsp3) is 0.235. The first-order valence-electron chi connectivity index (χ1n) is 7.49. The fourth-order valence-electron chi connectivity index (χ4n) is 2.67. The van der Waals surface area contributed by atoms with E-state index >= 15 is 0 Å². The number of phenols is 1. The smallest absolute Gasteiger partial charge is 0.303 e. The first-order chi connectivity index (χ1) is 11.6. The van der Waals surface area contributed by atoms with Crippen LogP contribution in [0.15, 0.2) is 46.9 Å². The molecule has 0 saturated carbocycles. The van der Waals surface area contributed by atoms with Gasteiger partial charge in [0.15, 0.2) is 0 Å². The lowest BCUT2D eigenvalue weighted by atomic mass is 10.00. The highest BCUT2D eigenvalue weighted by Crippen LogP contribution is 2.37. The van der Waals surface area contributed by atoms with E-state index in [0.717, 1.165) is 10.6 Å². The van der Waals surface area contributed by atoms with Gasteiger partial charge >= 0.3 is 5.97 Å². The summed E-state index contributed by atoms with van der Waals surface area (Å²) >= 11 is 1.53. The number of nitrogens with zero attached hydrogens (tertiary/aromatic N) is 2. The maximum Gasteiger partial charge on any atom is 0.303 e. The molecule has 1 aliphatic heterocycles. The molecule has 1 aliphatic rings. The molecule has 2 aromatic rings. The number of para-hydroxylation sites is 1. The standard InChI is InChI=1S/C17H16N2O4S/c20-14-5-2-1-4-11(14)13-10-12(15-6-3-9-24-15)18-19(13)16(21)7-8-17(22)23/h1-6,9,13,20H,7-8,10H2,(H,22,23).